The van der Waals surface area contributed by atoms with Crippen LogP contribution in [0.2, 0.25) is 0 Å². The Bertz CT molecular complexity index is 1080. The molecule has 0 aromatic heterocycles. The molecular weight excluding hydrogens is 498 g/mol. The first-order valence-electron chi connectivity index (χ1n) is 13.8. The van der Waals surface area contributed by atoms with E-state index in [4.69, 9.17) is 9.84 Å². The molecule has 9 heteroatoms. The number of rotatable bonds is 15. The Kier molecular flexibility index (Phi) is 11.0. The zero-order valence-corrected chi connectivity index (χ0v) is 23.0. The van der Waals surface area contributed by atoms with E-state index in [0.29, 0.717) is 25.8 Å². The largest absolute Gasteiger partial charge is 0.481 e. The fraction of sp³-hybridized carbons (Fsp3) is 0.533. The van der Waals surface area contributed by atoms with E-state index in [1.807, 2.05) is 74.5 Å². The monoisotopic (exact) mass is 539 g/mol. The van der Waals surface area contributed by atoms with Crippen LogP contribution in [-0.4, -0.2) is 46.1 Å². The summed E-state index contributed by atoms with van der Waals surface area (Å²) < 4.78 is 6.47. The summed E-state index contributed by atoms with van der Waals surface area (Å²) >= 11 is 0. The molecule has 2 aromatic carbocycles. The number of nitrogens with zero attached hydrogens (tertiary/aromatic N) is 1. The van der Waals surface area contributed by atoms with E-state index in [2.05, 4.69) is 10.6 Å². The molecule has 1 unspecified atom stereocenters. The molecule has 0 bridgehead atoms. The minimum Gasteiger partial charge on any atom is -0.481 e. The third-order valence-corrected chi connectivity index (χ3v) is 7.90. The molecule has 3 rings (SSSR count). The molecule has 1 fully saturated rings. The van der Waals surface area contributed by atoms with Crippen LogP contribution in [-0.2, 0) is 20.9 Å². The van der Waals surface area contributed by atoms with E-state index in [-0.39, 0.29) is 29.8 Å². The topological polar surface area (TPSA) is 131 Å². The number of carboxylic acids is 1. The first kappa shape index (κ1) is 30.2. The Labute approximate surface area is 230 Å². The van der Waals surface area contributed by atoms with Crippen molar-refractivity contribution in [3.63, 3.8) is 0 Å². The van der Waals surface area contributed by atoms with Crippen molar-refractivity contribution in [2.45, 2.75) is 83.2 Å². The van der Waals surface area contributed by atoms with Crippen molar-refractivity contribution in [1.29, 1.82) is 0 Å². The zero-order chi connectivity index (χ0) is 28.4. The Hall–Kier alpha value is -3.30. The van der Waals surface area contributed by atoms with Crippen molar-refractivity contribution in [2.75, 3.05) is 6.54 Å². The molecule has 1 heterocycles. The third kappa shape index (κ3) is 7.64. The molecule has 1 saturated heterocycles. The Morgan fingerprint density at radius 1 is 1.10 bits per heavy atom. The van der Waals surface area contributed by atoms with Crippen molar-refractivity contribution in [2.24, 2.45) is 11.8 Å². The standard InChI is InChI=1S/C30H41N3O6/c1-4-21(2)28(39-20-22-14-8-5-9-15-22)25-27(33(37)38)26(23-16-10-6-11-17-23)32-30(25,3)29(36)31-19-13-7-12-18-24(34)35/h5-6,8-11,14-17,21,25-28,32H,4,7,12-13,18-20H2,1-3H3,(H,31,36)(H,34,35)/t21-,25+,26-,27-,28?,30-/m0/s1. The SMILES string of the molecule is CC[C@H](C)C(OCc1ccccc1)[C@H]1[C@H]([N+](=O)[O-])[C@H](c2ccccc2)N[C@]1(C)C(=O)NCCCCCC(=O)O. The molecular formula is C30H41N3O6. The lowest BCUT2D eigenvalue weighted by Crippen LogP contribution is -2.60. The van der Waals surface area contributed by atoms with Gasteiger partial charge in [-0.1, -0.05) is 87.4 Å². The molecule has 3 N–H and O–H groups in total. The lowest BCUT2D eigenvalue weighted by molar-refractivity contribution is -0.536. The van der Waals surface area contributed by atoms with Crippen molar-refractivity contribution in [3.05, 3.63) is 81.9 Å². The van der Waals surface area contributed by atoms with E-state index < -0.39 is 35.6 Å². The molecule has 0 spiro atoms. The van der Waals surface area contributed by atoms with Gasteiger partial charge in [0.05, 0.1) is 18.6 Å². The summed E-state index contributed by atoms with van der Waals surface area (Å²) in [5.74, 6) is -1.94. The van der Waals surface area contributed by atoms with Gasteiger partial charge in [-0.05, 0) is 36.8 Å². The highest BCUT2D eigenvalue weighted by molar-refractivity contribution is 5.87. The van der Waals surface area contributed by atoms with Gasteiger partial charge in [0.2, 0.25) is 11.9 Å². The van der Waals surface area contributed by atoms with Gasteiger partial charge in [0.1, 0.15) is 11.6 Å². The van der Waals surface area contributed by atoms with Crippen LogP contribution < -0.4 is 10.6 Å². The van der Waals surface area contributed by atoms with Gasteiger partial charge in [0.25, 0.3) is 0 Å². The van der Waals surface area contributed by atoms with Gasteiger partial charge in [0, 0.05) is 17.9 Å². The Morgan fingerprint density at radius 2 is 1.74 bits per heavy atom. The fourth-order valence-electron chi connectivity index (χ4n) is 5.57. The van der Waals surface area contributed by atoms with E-state index in [1.165, 1.54) is 0 Å². The van der Waals surface area contributed by atoms with Gasteiger partial charge in [-0.15, -0.1) is 0 Å². The second-order valence-corrected chi connectivity index (χ2v) is 10.6. The molecule has 39 heavy (non-hydrogen) atoms. The summed E-state index contributed by atoms with van der Waals surface area (Å²) in [6.07, 6.45) is 2.09. The van der Waals surface area contributed by atoms with Gasteiger partial charge in [0.15, 0.2) is 0 Å². The quantitative estimate of drug-likeness (QED) is 0.169. The first-order chi connectivity index (χ1) is 18.7. The maximum absolute atomic E-state index is 13.8. The lowest BCUT2D eigenvalue weighted by Gasteiger charge is -2.37. The number of carbonyl (C=O) groups is 2. The lowest BCUT2D eigenvalue weighted by atomic mass is 9.74. The number of ether oxygens (including phenoxy) is 1. The van der Waals surface area contributed by atoms with Gasteiger partial charge < -0.3 is 15.2 Å². The summed E-state index contributed by atoms with van der Waals surface area (Å²) in [7, 11) is 0. The molecule has 6 atom stereocenters. The molecule has 0 saturated carbocycles. The Balaban J connectivity index is 1.92. The number of benzene rings is 2. The third-order valence-electron chi connectivity index (χ3n) is 7.90. The molecule has 9 nitrogen and oxygen atoms in total. The highest BCUT2D eigenvalue weighted by Crippen LogP contribution is 2.45. The smallest absolute Gasteiger partial charge is 0.303 e. The number of carbonyl (C=O) groups excluding carboxylic acids is 1. The van der Waals surface area contributed by atoms with E-state index in [0.717, 1.165) is 17.5 Å². The van der Waals surface area contributed by atoms with Gasteiger partial charge >= 0.3 is 5.97 Å². The van der Waals surface area contributed by atoms with Crippen LogP contribution in [0.1, 0.15) is 70.0 Å². The number of unbranched alkanes of at least 4 members (excludes halogenated alkanes) is 2. The molecule has 0 aliphatic carbocycles. The molecule has 1 aliphatic heterocycles. The van der Waals surface area contributed by atoms with Crippen LogP contribution in [0.15, 0.2) is 60.7 Å². The summed E-state index contributed by atoms with van der Waals surface area (Å²) in [5.41, 5.74) is 0.436. The maximum Gasteiger partial charge on any atom is 0.303 e. The van der Waals surface area contributed by atoms with Gasteiger partial charge in [-0.3, -0.25) is 25.0 Å². The highest BCUT2D eigenvalue weighted by Gasteiger charge is 2.64. The maximum atomic E-state index is 13.8. The van der Waals surface area contributed by atoms with E-state index >= 15 is 0 Å². The van der Waals surface area contributed by atoms with Crippen molar-refractivity contribution < 1.29 is 24.4 Å². The normalized spacial score (nSPS) is 24.1. The van der Waals surface area contributed by atoms with E-state index in [1.54, 1.807) is 6.92 Å². The van der Waals surface area contributed by atoms with Crippen LogP contribution in [0, 0.1) is 22.0 Å². The van der Waals surface area contributed by atoms with Crippen LogP contribution in [0.4, 0.5) is 0 Å². The predicted octanol–water partition coefficient (Wildman–Crippen LogP) is 4.74. The van der Waals surface area contributed by atoms with Crippen molar-refractivity contribution >= 4 is 11.9 Å². The number of hydrogen-bond acceptors (Lipinski definition) is 6. The average molecular weight is 540 g/mol. The first-order valence-corrected chi connectivity index (χ1v) is 13.8. The second-order valence-electron chi connectivity index (χ2n) is 10.6. The number of nitrogens with one attached hydrogen (secondary N) is 2. The van der Waals surface area contributed by atoms with Crippen LogP contribution in [0.25, 0.3) is 0 Å². The molecule has 1 amide bonds. The predicted molar refractivity (Wildman–Crippen MR) is 149 cm³/mol. The molecule has 1 aliphatic rings. The highest BCUT2D eigenvalue weighted by atomic mass is 16.6. The number of nitro groups is 1. The number of hydrogen-bond donors (Lipinski definition) is 3. The minimum atomic E-state index is -1.27. The number of carboxylic acid groups (broad SMARTS) is 1. The van der Waals surface area contributed by atoms with Crippen molar-refractivity contribution in [3.8, 4) is 0 Å². The molecule has 212 valence electrons. The summed E-state index contributed by atoms with van der Waals surface area (Å²) in [4.78, 5) is 37.0. The number of aliphatic carboxylic acids is 1. The average Bonchev–Trinajstić information content (AvgIpc) is 3.25. The van der Waals surface area contributed by atoms with Gasteiger partial charge in [-0.2, -0.15) is 0 Å². The summed E-state index contributed by atoms with van der Waals surface area (Å²) in [6, 6.07) is 17.1. The molecule has 2 aromatic rings. The second kappa shape index (κ2) is 14.2. The zero-order valence-electron chi connectivity index (χ0n) is 23.0. The van der Waals surface area contributed by atoms with Crippen LogP contribution in [0.3, 0.4) is 0 Å². The fourth-order valence-corrected chi connectivity index (χ4v) is 5.57. The summed E-state index contributed by atoms with van der Waals surface area (Å²) in [5, 5.41) is 27.9. The molecule has 0 radical (unpaired) electrons. The van der Waals surface area contributed by atoms with E-state index in [9.17, 15) is 19.7 Å². The van der Waals surface area contributed by atoms with Crippen LogP contribution >= 0.6 is 0 Å². The minimum absolute atomic E-state index is 0.0411. The summed E-state index contributed by atoms with van der Waals surface area (Å²) in [6.45, 7) is 6.44. The number of amides is 1. The van der Waals surface area contributed by atoms with Crippen molar-refractivity contribution in [1.82, 2.24) is 10.6 Å². The van der Waals surface area contributed by atoms with Gasteiger partial charge in [-0.25, -0.2) is 0 Å². The Morgan fingerprint density at radius 3 is 2.33 bits per heavy atom. The van der Waals surface area contributed by atoms with Crippen LogP contribution in [0.5, 0.6) is 0 Å².